The molecule has 3 rings (SSSR count). The number of thioether (sulfide) groups is 1. The van der Waals surface area contributed by atoms with Crippen molar-refractivity contribution < 1.29 is 0 Å². The van der Waals surface area contributed by atoms with Crippen LogP contribution in [0.25, 0.3) is 0 Å². The van der Waals surface area contributed by atoms with Crippen LogP contribution in [0.1, 0.15) is 80.9 Å². The highest BCUT2D eigenvalue weighted by molar-refractivity contribution is 8.22. The van der Waals surface area contributed by atoms with Crippen LogP contribution in [0, 0.1) is 0 Å². The Balaban J connectivity index is 0.00000408. The van der Waals surface area contributed by atoms with Gasteiger partial charge in [0.25, 0.3) is 0 Å². The number of rotatable bonds is 11. The van der Waals surface area contributed by atoms with Gasteiger partial charge in [0.2, 0.25) is 0 Å². The molecule has 5 heteroatoms. The summed E-state index contributed by atoms with van der Waals surface area (Å²) in [4.78, 5) is 4.82. The average molecular weight is 519 g/mol. The minimum atomic E-state index is 0. The van der Waals surface area contributed by atoms with E-state index in [4.69, 9.17) is 12.2 Å². The summed E-state index contributed by atoms with van der Waals surface area (Å²) in [6.07, 6.45) is 10.2. The second-order valence-electron chi connectivity index (χ2n) is 9.78. The summed E-state index contributed by atoms with van der Waals surface area (Å²) in [6, 6.07) is 20.7. The van der Waals surface area contributed by atoms with Crippen LogP contribution >= 0.6 is 36.4 Å². The van der Waals surface area contributed by atoms with Crippen molar-refractivity contribution in [1.82, 2.24) is 9.80 Å². The third-order valence-corrected chi connectivity index (χ3v) is 8.33. The fourth-order valence-electron chi connectivity index (χ4n) is 4.92. The van der Waals surface area contributed by atoms with Crippen molar-refractivity contribution in [3.8, 4) is 0 Å². The van der Waals surface area contributed by atoms with Gasteiger partial charge in [-0.05, 0) is 68.8 Å². The normalized spacial score (nSPS) is 17.9. The maximum Gasteiger partial charge on any atom is 0.136 e. The third-order valence-electron chi connectivity index (χ3n) is 6.78. The molecule has 0 bridgehead atoms. The monoisotopic (exact) mass is 518 g/mol. The van der Waals surface area contributed by atoms with Gasteiger partial charge in [0.1, 0.15) is 4.32 Å². The lowest BCUT2D eigenvalue weighted by atomic mass is 9.81. The standard InChI is InChI=1S/C29H42N2S2.ClH/c1-4-5-6-10-21-31(29(32)33-23-25-11-8-7-9-12-25)28-19-17-27(18-20-28)26-15-13-24(14-16-26)22-30(2)3;/h7-9,11-16,27-28H,4-6,10,17-23H2,1-3H3;1H. The van der Waals surface area contributed by atoms with Crippen molar-refractivity contribution in [2.45, 2.75) is 82.5 Å². The van der Waals surface area contributed by atoms with Crippen LogP contribution in [-0.4, -0.2) is 40.8 Å². The van der Waals surface area contributed by atoms with Crippen LogP contribution in [-0.2, 0) is 12.3 Å². The molecule has 1 fully saturated rings. The van der Waals surface area contributed by atoms with Crippen LogP contribution in [0.5, 0.6) is 0 Å². The fourth-order valence-corrected chi connectivity index (χ4v) is 6.22. The van der Waals surface area contributed by atoms with Crippen LogP contribution in [0.15, 0.2) is 54.6 Å². The molecule has 0 atom stereocenters. The lowest BCUT2D eigenvalue weighted by Crippen LogP contribution is -2.41. The van der Waals surface area contributed by atoms with Crippen LogP contribution < -0.4 is 0 Å². The van der Waals surface area contributed by atoms with E-state index < -0.39 is 0 Å². The molecule has 1 saturated carbocycles. The summed E-state index contributed by atoms with van der Waals surface area (Å²) >= 11 is 7.84. The average Bonchev–Trinajstić information content (AvgIpc) is 2.84. The van der Waals surface area contributed by atoms with Gasteiger partial charge in [-0.1, -0.05) is 105 Å². The molecule has 34 heavy (non-hydrogen) atoms. The van der Waals surface area contributed by atoms with Crippen LogP contribution in [0.3, 0.4) is 0 Å². The Bertz CT molecular complexity index is 818. The smallest absolute Gasteiger partial charge is 0.136 e. The molecule has 188 valence electrons. The van der Waals surface area contributed by atoms with Gasteiger partial charge in [-0.15, -0.1) is 12.4 Å². The van der Waals surface area contributed by atoms with Gasteiger partial charge in [0.15, 0.2) is 0 Å². The second kappa shape index (κ2) is 15.8. The molecule has 0 amide bonds. The SMILES string of the molecule is CCCCCCN(C(=S)SCc1ccccc1)C1CCC(c2ccc(CN(C)C)cc2)CC1.Cl. The first-order valence-corrected chi connectivity index (χ1v) is 14.2. The van der Waals surface area contributed by atoms with Crippen molar-refractivity contribution in [2.24, 2.45) is 0 Å². The van der Waals surface area contributed by atoms with Gasteiger partial charge in [-0.2, -0.15) is 0 Å². The van der Waals surface area contributed by atoms with Crippen molar-refractivity contribution in [3.05, 3.63) is 71.3 Å². The molecule has 0 unspecified atom stereocenters. The molecular formula is C29H43ClN2S2. The molecule has 2 nitrogen and oxygen atoms in total. The number of hydrogen-bond donors (Lipinski definition) is 0. The van der Waals surface area contributed by atoms with Crippen molar-refractivity contribution in [1.29, 1.82) is 0 Å². The van der Waals surface area contributed by atoms with E-state index in [1.807, 2.05) is 11.8 Å². The molecule has 0 N–H and O–H groups in total. The first-order valence-electron chi connectivity index (χ1n) is 12.8. The molecule has 0 aromatic heterocycles. The summed E-state index contributed by atoms with van der Waals surface area (Å²) in [5.74, 6) is 1.67. The molecule has 1 aliphatic carbocycles. The summed E-state index contributed by atoms with van der Waals surface area (Å²) in [7, 11) is 4.26. The van der Waals surface area contributed by atoms with E-state index in [0.717, 1.165) is 23.2 Å². The second-order valence-corrected chi connectivity index (χ2v) is 11.4. The van der Waals surface area contributed by atoms with Gasteiger partial charge in [0, 0.05) is 24.9 Å². The number of hydrogen-bond acceptors (Lipinski definition) is 3. The van der Waals surface area contributed by atoms with E-state index in [9.17, 15) is 0 Å². The fraction of sp³-hybridized carbons (Fsp3) is 0.552. The summed E-state index contributed by atoms with van der Waals surface area (Å²) in [5.41, 5.74) is 4.28. The Morgan fingerprint density at radius 3 is 2.18 bits per heavy atom. The van der Waals surface area contributed by atoms with Crippen LogP contribution in [0.2, 0.25) is 0 Å². The van der Waals surface area contributed by atoms with E-state index in [1.165, 1.54) is 68.1 Å². The lowest BCUT2D eigenvalue weighted by Gasteiger charge is -2.38. The first kappa shape index (κ1) is 29.2. The molecule has 2 aromatic carbocycles. The molecule has 1 aliphatic rings. The highest BCUT2D eigenvalue weighted by Gasteiger charge is 2.28. The lowest BCUT2D eigenvalue weighted by molar-refractivity contribution is 0.233. The van der Waals surface area contributed by atoms with E-state index >= 15 is 0 Å². The Kier molecular flexibility index (Phi) is 13.6. The van der Waals surface area contributed by atoms with Crippen LogP contribution in [0.4, 0.5) is 0 Å². The van der Waals surface area contributed by atoms with Crippen molar-refractivity contribution in [3.63, 3.8) is 0 Å². The Labute approximate surface area is 224 Å². The topological polar surface area (TPSA) is 6.48 Å². The van der Waals surface area contributed by atoms with Gasteiger partial charge >= 0.3 is 0 Å². The minimum absolute atomic E-state index is 0. The maximum absolute atomic E-state index is 5.99. The number of halogens is 1. The highest BCUT2D eigenvalue weighted by atomic mass is 35.5. The zero-order chi connectivity index (χ0) is 23.5. The molecule has 0 saturated heterocycles. The van der Waals surface area contributed by atoms with Crippen molar-refractivity contribution >= 4 is 40.7 Å². The van der Waals surface area contributed by atoms with E-state index in [0.29, 0.717) is 12.0 Å². The number of unbranched alkanes of at least 4 members (excludes halogenated alkanes) is 3. The zero-order valence-corrected chi connectivity index (χ0v) is 23.7. The zero-order valence-electron chi connectivity index (χ0n) is 21.2. The predicted octanol–water partition coefficient (Wildman–Crippen LogP) is 8.30. The molecule has 2 aromatic rings. The maximum atomic E-state index is 5.99. The van der Waals surface area contributed by atoms with E-state index in [2.05, 4.69) is 85.4 Å². The minimum Gasteiger partial charge on any atom is -0.355 e. The molecule has 0 heterocycles. The Hall–Kier alpha value is -1.07. The Morgan fingerprint density at radius 1 is 0.882 bits per heavy atom. The molecule has 0 spiro atoms. The summed E-state index contributed by atoms with van der Waals surface area (Å²) in [5, 5.41) is 0. The van der Waals surface area contributed by atoms with Crippen molar-refractivity contribution in [2.75, 3.05) is 20.6 Å². The van der Waals surface area contributed by atoms with Gasteiger partial charge in [0.05, 0.1) is 0 Å². The quantitative estimate of drug-likeness (QED) is 0.218. The Morgan fingerprint density at radius 2 is 1.56 bits per heavy atom. The van der Waals surface area contributed by atoms with E-state index in [1.54, 1.807) is 0 Å². The number of nitrogens with zero attached hydrogens (tertiary/aromatic N) is 2. The van der Waals surface area contributed by atoms with Gasteiger partial charge in [-0.25, -0.2) is 0 Å². The molecule has 0 radical (unpaired) electrons. The molecule has 0 aliphatic heterocycles. The van der Waals surface area contributed by atoms with E-state index in [-0.39, 0.29) is 12.4 Å². The summed E-state index contributed by atoms with van der Waals surface area (Å²) in [6.45, 7) is 4.42. The van der Waals surface area contributed by atoms with Gasteiger partial charge in [-0.3, -0.25) is 0 Å². The molecular weight excluding hydrogens is 476 g/mol. The predicted molar refractivity (Wildman–Crippen MR) is 157 cm³/mol. The number of benzene rings is 2. The third kappa shape index (κ3) is 9.53. The van der Waals surface area contributed by atoms with Gasteiger partial charge < -0.3 is 9.80 Å². The number of thiocarbonyl (C=S) groups is 1. The largest absolute Gasteiger partial charge is 0.355 e. The summed E-state index contributed by atoms with van der Waals surface area (Å²) < 4.78 is 1.10. The first-order chi connectivity index (χ1) is 16.1. The highest BCUT2D eigenvalue weighted by Crippen LogP contribution is 2.36.